The van der Waals surface area contributed by atoms with Crippen molar-refractivity contribution in [1.29, 1.82) is 0 Å². The molecule has 0 aromatic heterocycles. The maximum Gasteiger partial charge on any atom is 0.332 e. The van der Waals surface area contributed by atoms with E-state index in [1.165, 1.54) is 4.90 Å². The van der Waals surface area contributed by atoms with Gasteiger partial charge in [-0.05, 0) is 17.7 Å². The number of rotatable bonds is 6. The fraction of sp³-hybridized carbons (Fsp3) is 0.385. The van der Waals surface area contributed by atoms with Gasteiger partial charge in [0.25, 0.3) is 0 Å². The lowest BCUT2D eigenvalue weighted by molar-refractivity contribution is -0.146. The largest absolute Gasteiger partial charge is 0.479 e. The van der Waals surface area contributed by atoms with Crippen LogP contribution in [-0.2, 0) is 11.3 Å². The number of carbonyl (C=O) groups excluding carboxylic acids is 1. The molecule has 0 radical (unpaired) electrons. The Morgan fingerprint density at radius 2 is 1.95 bits per heavy atom. The van der Waals surface area contributed by atoms with Crippen LogP contribution in [-0.4, -0.2) is 46.8 Å². The fourth-order valence-corrected chi connectivity index (χ4v) is 1.64. The van der Waals surface area contributed by atoms with Gasteiger partial charge in [-0.3, -0.25) is 0 Å². The van der Waals surface area contributed by atoms with Gasteiger partial charge in [0.2, 0.25) is 0 Å². The molecule has 0 spiro atoms. The minimum absolute atomic E-state index is 0.0319. The molecule has 1 atom stereocenters. The summed E-state index contributed by atoms with van der Waals surface area (Å²) in [5, 5.41) is 20.7. The number of nitrogens with zero attached hydrogens (tertiary/aromatic N) is 1. The molecule has 0 fully saturated rings. The van der Waals surface area contributed by atoms with Crippen LogP contribution in [0.5, 0.6) is 0 Å². The van der Waals surface area contributed by atoms with Gasteiger partial charge in [0, 0.05) is 31.6 Å². The number of aliphatic carboxylic acids is 1. The first-order chi connectivity index (χ1) is 9.40. The summed E-state index contributed by atoms with van der Waals surface area (Å²) in [5.41, 5.74) is 0.928. The lowest BCUT2D eigenvalue weighted by Gasteiger charge is -2.18. The standard InChI is InChI=1S/C13H17ClN2O4/c1-16(8-9-2-4-10(14)5-3-9)13(20)15-7-6-11(17)12(18)19/h2-5,11,17H,6-8H2,1H3,(H,15,20)(H,18,19)/t11-/m0/s1. The third kappa shape index (κ3) is 5.46. The molecule has 0 saturated heterocycles. The van der Waals surface area contributed by atoms with Crippen molar-refractivity contribution in [3.63, 3.8) is 0 Å². The van der Waals surface area contributed by atoms with Gasteiger partial charge >= 0.3 is 12.0 Å². The number of carboxylic acid groups (broad SMARTS) is 1. The maximum absolute atomic E-state index is 11.7. The summed E-state index contributed by atoms with van der Waals surface area (Å²) in [6, 6.07) is 6.79. The molecule has 1 aromatic rings. The van der Waals surface area contributed by atoms with Crippen molar-refractivity contribution in [1.82, 2.24) is 10.2 Å². The predicted molar refractivity (Wildman–Crippen MR) is 74.6 cm³/mol. The lowest BCUT2D eigenvalue weighted by Crippen LogP contribution is -2.38. The molecule has 1 rings (SSSR count). The van der Waals surface area contributed by atoms with Crippen LogP contribution in [0, 0.1) is 0 Å². The van der Waals surface area contributed by atoms with E-state index in [-0.39, 0.29) is 19.0 Å². The van der Waals surface area contributed by atoms with Crippen molar-refractivity contribution < 1.29 is 19.8 Å². The molecule has 0 aliphatic heterocycles. The number of aliphatic hydroxyl groups excluding tert-OH is 1. The fourth-order valence-electron chi connectivity index (χ4n) is 1.51. The van der Waals surface area contributed by atoms with E-state index in [9.17, 15) is 9.59 Å². The highest BCUT2D eigenvalue weighted by atomic mass is 35.5. The van der Waals surface area contributed by atoms with Crippen LogP contribution in [0.15, 0.2) is 24.3 Å². The van der Waals surface area contributed by atoms with Crippen LogP contribution >= 0.6 is 11.6 Å². The molecule has 110 valence electrons. The number of amides is 2. The molecule has 0 aliphatic rings. The third-order valence-electron chi connectivity index (χ3n) is 2.66. The number of carbonyl (C=O) groups is 2. The van der Waals surface area contributed by atoms with Crippen molar-refractivity contribution in [3.05, 3.63) is 34.9 Å². The average Bonchev–Trinajstić information content (AvgIpc) is 2.40. The molecular weight excluding hydrogens is 284 g/mol. The molecule has 3 N–H and O–H groups in total. The summed E-state index contributed by atoms with van der Waals surface area (Å²) < 4.78 is 0. The minimum Gasteiger partial charge on any atom is -0.479 e. The van der Waals surface area contributed by atoms with E-state index in [1.54, 1.807) is 19.2 Å². The second kappa shape index (κ2) is 7.72. The highest BCUT2D eigenvalue weighted by Crippen LogP contribution is 2.10. The van der Waals surface area contributed by atoms with Gasteiger partial charge in [0.05, 0.1) is 0 Å². The van der Waals surface area contributed by atoms with E-state index >= 15 is 0 Å². The van der Waals surface area contributed by atoms with Gasteiger partial charge in [-0.2, -0.15) is 0 Å². The van der Waals surface area contributed by atoms with Gasteiger partial charge in [0.1, 0.15) is 0 Å². The number of hydrogen-bond donors (Lipinski definition) is 3. The zero-order valence-electron chi connectivity index (χ0n) is 11.0. The molecule has 2 amide bonds. The number of hydrogen-bond acceptors (Lipinski definition) is 3. The van der Waals surface area contributed by atoms with Crippen molar-refractivity contribution in [2.45, 2.75) is 19.1 Å². The number of carboxylic acids is 1. The van der Waals surface area contributed by atoms with Crippen molar-refractivity contribution in [2.24, 2.45) is 0 Å². The molecule has 1 aromatic carbocycles. The zero-order chi connectivity index (χ0) is 15.1. The summed E-state index contributed by atoms with van der Waals surface area (Å²) in [7, 11) is 1.62. The van der Waals surface area contributed by atoms with Crippen LogP contribution in [0.2, 0.25) is 5.02 Å². The Hall–Kier alpha value is -1.79. The van der Waals surface area contributed by atoms with Gasteiger partial charge in [-0.1, -0.05) is 23.7 Å². The Kier molecular flexibility index (Phi) is 6.27. The van der Waals surface area contributed by atoms with Gasteiger partial charge in [-0.25, -0.2) is 9.59 Å². The Labute approximate surface area is 122 Å². The second-order valence-electron chi connectivity index (χ2n) is 4.36. The summed E-state index contributed by atoms with van der Waals surface area (Å²) in [5.74, 6) is -1.30. The lowest BCUT2D eigenvalue weighted by atomic mass is 10.2. The Morgan fingerprint density at radius 1 is 1.35 bits per heavy atom. The second-order valence-corrected chi connectivity index (χ2v) is 4.79. The van der Waals surface area contributed by atoms with Crippen molar-refractivity contribution in [2.75, 3.05) is 13.6 Å². The van der Waals surface area contributed by atoms with Gasteiger partial charge < -0.3 is 20.4 Å². The van der Waals surface area contributed by atoms with Crippen LogP contribution in [0.3, 0.4) is 0 Å². The SMILES string of the molecule is CN(Cc1ccc(Cl)cc1)C(=O)NCC[C@H](O)C(=O)O. The summed E-state index contributed by atoms with van der Waals surface area (Å²) in [4.78, 5) is 23.6. The van der Waals surface area contributed by atoms with E-state index < -0.39 is 12.1 Å². The Bertz CT molecular complexity index is 464. The van der Waals surface area contributed by atoms with Gasteiger partial charge in [-0.15, -0.1) is 0 Å². The van der Waals surface area contributed by atoms with Gasteiger partial charge in [0.15, 0.2) is 6.10 Å². The molecule has 0 aliphatic carbocycles. The summed E-state index contributed by atoms with van der Waals surface area (Å²) in [6.45, 7) is 0.502. The van der Waals surface area contributed by atoms with Crippen LogP contribution < -0.4 is 5.32 Å². The average molecular weight is 301 g/mol. The number of benzene rings is 1. The molecule has 0 bridgehead atoms. The number of aliphatic hydroxyl groups is 1. The summed E-state index contributed by atoms with van der Waals surface area (Å²) >= 11 is 5.77. The van der Waals surface area contributed by atoms with E-state index in [0.29, 0.717) is 11.6 Å². The predicted octanol–water partition coefficient (Wildman–Crippen LogP) is 1.32. The first-order valence-electron chi connectivity index (χ1n) is 6.04. The normalized spacial score (nSPS) is 11.8. The number of nitrogens with one attached hydrogen (secondary N) is 1. The highest BCUT2D eigenvalue weighted by molar-refractivity contribution is 6.30. The van der Waals surface area contributed by atoms with E-state index in [2.05, 4.69) is 5.32 Å². The zero-order valence-corrected chi connectivity index (χ0v) is 11.8. The molecule has 6 nitrogen and oxygen atoms in total. The Morgan fingerprint density at radius 3 is 2.50 bits per heavy atom. The first-order valence-corrected chi connectivity index (χ1v) is 6.42. The molecule has 0 unspecified atom stereocenters. The van der Waals surface area contributed by atoms with E-state index in [1.807, 2.05) is 12.1 Å². The van der Waals surface area contributed by atoms with E-state index in [0.717, 1.165) is 5.56 Å². The maximum atomic E-state index is 11.7. The Balaban J connectivity index is 2.35. The topological polar surface area (TPSA) is 89.9 Å². The van der Waals surface area contributed by atoms with E-state index in [4.69, 9.17) is 21.8 Å². The minimum atomic E-state index is -1.46. The molecule has 0 heterocycles. The molecular formula is C13H17ClN2O4. The van der Waals surface area contributed by atoms with Crippen molar-refractivity contribution in [3.8, 4) is 0 Å². The third-order valence-corrected chi connectivity index (χ3v) is 2.91. The van der Waals surface area contributed by atoms with Crippen LogP contribution in [0.25, 0.3) is 0 Å². The smallest absolute Gasteiger partial charge is 0.332 e. The monoisotopic (exact) mass is 300 g/mol. The van der Waals surface area contributed by atoms with Crippen LogP contribution in [0.4, 0.5) is 4.79 Å². The van der Waals surface area contributed by atoms with Crippen LogP contribution in [0.1, 0.15) is 12.0 Å². The molecule has 0 saturated carbocycles. The quantitative estimate of drug-likeness (QED) is 0.739. The molecule has 20 heavy (non-hydrogen) atoms. The molecule has 7 heteroatoms. The first kappa shape index (κ1) is 16.3. The highest BCUT2D eigenvalue weighted by Gasteiger charge is 2.14. The number of urea groups is 1. The number of halogens is 1. The summed E-state index contributed by atoms with van der Waals surface area (Å²) in [6.07, 6.45) is -1.49. The van der Waals surface area contributed by atoms with Crippen molar-refractivity contribution >= 4 is 23.6 Å².